The van der Waals surface area contributed by atoms with E-state index in [1.165, 1.54) is 17.3 Å². The van der Waals surface area contributed by atoms with Crippen LogP contribution in [0.4, 0.5) is 0 Å². The fraction of sp³-hybridized carbons (Fsp3) is 0.273. The maximum atomic E-state index is 12.3. The Morgan fingerprint density at radius 3 is 2.46 bits per heavy atom. The number of carbonyl (C=O) groups excluding carboxylic acids is 1. The van der Waals surface area contributed by atoms with Gasteiger partial charge in [0.2, 0.25) is 0 Å². The predicted octanol–water partition coefficient (Wildman–Crippen LogP) is 1.72. The van der Waals surface area contributed by atoms with Crippen molar-refractivity contribution < 1.29 is 9.90 Å². The Kier molecular flexibility index (Phi) is 5.50. The average molecular weight is 376 g/mol. The molecule has 2 aromatic carbocycles. The lowest BCUT2D eigenvalue weighted by Crippen LogP contribution is -2.41. The molecule has 0 saturated carbocycles. The predicted molar refractivity (Wildman–Crippen MR) is 108 cm³/mol. The van der Waals surface area contributed by atoms with Crippen molar-refractivity contribution in [2.45, 2.75) is 25.0 Å². The number of hydrogen-bond donors (Lipinski definition) is 3. The monoisotopic (exact) mass is 376 g/mol. The summed E-state index contributed by atoms with van der Waals surface area (Å²) in [6.07, 6.45) is 4.53. The molecule has 0 unspecified atom stereocenters. The Labute approximate surface area is 164 Å². The van der Waals surface area contributed by atoms with E-state index in [4.69, 9.17) is 0 Å². The highest BCUT2D eigenvalue weighted by molar-refractivity contribution is 5.93. The standard InChI is InChI=1S/C22H24N4O2/c27-21(13-23-19-10-16-6-4-5-7-17(16)11-19)14-24-22(28)18-12-25-26(15-18)20-8-2-1-3-9-20/h1-9,12,15,19,21,23,27H,10-11,13-14H2,(H,24,28)/t21-/m1/s1. The van der Waals surface area contributed by atoms with Crippen molar-refractivity contribution >= 4 is 5.91 Å². The van der Waals surface area contributed by atoms with Crippen molar-refractivity contribution in [3.8, 4) is 5.69 Å². The van der Waals surface area contributed by atoms with Crippen molar-refractivity contribution in [1.82, 2.24) is 20.4 Å². The topological polar surface area (TPSA) is 79.2 Å². The molecule has 0 fully saturated rings. The van der Waals surface area contributed by atoms with Crippen molar-refractivity contribution in [1.29, 1.82) is 0 Å². The lowest BCUT2D eigenvalue weighted by Gasteiger charge is -2.16. The Morgan fingerprint density at radius 2 is 1.75 bits per heavy atom. The van der Waals surface area contributed by atoms with E-state index in [1.54, 1.807) is 10.9 Å². The normalized spacial score (nSPS) is 14.6. The molecule has 6 heteroatoms. The van der Waals surface area contributed by atoms with Crippen LogP contribution in [0.3, 0.4) is 0 Å². The number of hydrogen-bond acceptors (Lipinski definition) is 4. The highest BCUT2D eigenvalue weighted by Crippen LogP contribution is 2.21. The van der Waals surface area contributed by atoms with Gasteiger partial charge in [0.05, 0.1) is 23.6 Å². The van der Waals surface area contributed by atoms with Crippen LogP contribution in [-0.2, 0) is 12.8 Å². The van der Waals surface area contributed by atoms with Gasteiger partial charge in [0.1, 0.15) is 0 Å². The molecule has 0 saturated heterocycles. The molecule has 0 aliphatic heterocycles. The molecule has 0 radical (unpaired) electrons. The van der Waals surface area contributed by atoms with Crippen molar-refractivity contribution in [2.24, 2.45) is 0 Å². The van der Waals surface area contributed by atoms with Gasteiger partial charge in [0.25, 0.3) is 5.91 Å². The van der Waals surface area contributed by atoms with Crippen LogP contribution in [0.1, 0.15) is 21.5 Å². The summed E-state index contributed by atoms with van der Waals surface area (Å²) in [5, 5.41) is 20.6. The van der Waals surface area contributed by atoms with E-state index in [0.29, 0.717) is 18.2 Å². The highest BCUT2D eigenvalue weighted by atomic mass is 16.3. The Bertz CT molecular complexity index is 913. The number of fused-ring (bicyclic) bond motifs is 1. The number of aromatic nitrogens is 2. The summed E-state index contributed by atoms with van der Waals surface area (Å²) >= 11 is 0. The van der Waals surface area contributed by atoms with Gasteiger partial charge in [-0.05, 0) is 36.1 Å². The molecule has 28 heavy (non-hydrogen) atoms. The quantitative estimate of drug-likeness (QED) is 0.587. The van der Waals surface area contributed by atoms with Crippen molar-refractivity contribution in [2.75, 3.05) is 13.1 Å². The molecule has 1 aliphatic rings. The van der Waals surface area contributed by atoms with E-state index in [9.17, 15) is 9.90 Å². The Morgan fingerprint density at radius 1 is 1.07 bits per heavy atom. The molecule has 0 bridgehead atoms. The number of rotatable bonds is 7. The first-order valence-corrected chi connectivity index (χ1v) is 9.55. The molecule has 6 nitrogen and oxygen atoms in total. The van der Waals surface area contributed by atoms with Gasteiger partial charge in [0.15, 0.2) is 0 Å². The summed E-state index contributed by atoms with van der Waals surface area (Å²) in [7, 11) is 0. The van der Waals surface area contributed by atoms with Crippen LogP contribution >= 0.6 is 0 Å². The van der Waals surface area contributed by atoms with Gasteiger partial charge >= 0.3 is 0 Å². The first kappa shape index (κ1) is 18.4. The highest BCUT2D eigenvalue weighted by Gasteiger charge is 2.21. The van der Waals surface area contributed by atoms with Crippen LogP contribution in [0.2, 0.25) is 0 Å². The average Bonchev–Trinajstić information content (AvgIpc) is 3.38. The maximum absolute atomic E-state index is 12.3. The van der Waals surface area contributed by atoms with Gasteiger partial charge in [-0.1, -0.05) is 42.5 Å². The van der Waals surface area contributed by atoms with Crippen molar-refractivity contribution in [3.63, 3.8) is 0 Å². The van der Waals surface area contributed by atoms with Gasteiger partial charge in [-0.15, -0.1) is 0 Å². The zero-order chi connectivity index (χ0) is 19.3. The summed E-state index contributed by atoms with van der Waals surface area (Å²) in [5.41, 5.74) is 4.11. The Hall–Kier alpha value is -2.96. The summed E-state index contributed by atoms with van der Waals surface area (Å²) in [4.78, 5) is 12.3. The van der Waals surface area contributed by atoms with E-state index in [-0.39, 0.29) is 12.5 Å². The van der Waals surface area contributed by atoms with Gasteiger partial charge in [-0.3, -0.25) is 4.79 Å². The SMILES string of the molecule is O=C(NC[C@H](O)CNC1Cc2ccccc2C1)c1cnn(-c2ccccc2)c1. The molecule has 1 atom stereocenters. The Balaban J connectivity index is 1.22. The van der Waals surface area contributed by atoms with Gasteiger partial charge < -0.3 is 15.7 Å². The maximum Gasteiger partial charge on any atom is 0.254 e. The van der Waals surface area contributed by atoms with E-state index >= 15 is 0 Å². The van der Waals surface area contributed by atoms with Crippen LogP contribution in [0.5, 0.6) is 0 Å². The molecular formula is C22H24N4O2. The zero-order valence-corrected chi connectivity index (χ0v) is 15.6. The number of carbonyl (C=O) groups is 1. The molecule has 3 N–H and O–H groups in total. The first-order valence-electron chi connectivity index (χ1n) is 9.55. The molecule has 1 aromatic heterocycles. The summed E-state index contributed by atoms with van der Waals surface area (Å²) in [5.74, 6) is -0.241. The molecule has 1 amide bonds. The number of benzene rings is 2. The van der Waals surface area contributed by atoms with Gasteiger partial charge in [0, 0.05) is 25.3 Å². The second kappa shape index (κ2) is 8.37. The number of aliphatic hydroxyl groups is 1. The van der Waals surface area contributed by atoms with Crippen LogP contribution < -0.4 is 10.6 Å². The van der Waals surface area contributed by atoms with E-state index in [0.717, 1.165) is 18.5 Å². The van der Waals surface area contributed by atoms with E-state index in [2.05, 4.69) is 40.0 Å². The first-order chi connectivity index (χ1) is 13.7. The number of nitrogens with zero attached hydrogens (tertiary/aromatic N) is 2. The van der Waals surface area contributed by atoms with Gasteiger partial charge in [-0.2, -0.15) is 5.10 Å². The van der Waals surface area contributed by atoms with Crippen molar-refractivity contribution in [3.05, 3.63) is 83.7 Å². The third kappa shape index (κ3) is 4.30. The molecule has 0 spiro atoms. The number of para-hydroxylation sites is 1. The second-order valence-electron chi connectivity index (χ2n) is 7.16. The fourth-order valence-electron chi connectivity index (χ4n) is 3.55. The molecule has 144 valence electrons. The molecule has 1 heterocycles. The number of nitrogens with one attached hydrogen (secondary N) is 2. The summed E-state index contributed by atoms with van der Waals surface area (Å²) in [6, 6.07) is 18.4. The lowest BCUT2D eigenvalue weighted by atomic mass is 10.1. The fourth-order valence-corrected chi connectivity index (χ4v) is 3.55. The van der Waals surface area contributed by atoms with Crippen LogP contribution in [-0.4, -0.2) is 46.0 Å². The molecular weight excluding hydrogens is 352 g/mol. The summed E-state index contributed by atoms with van der Waals surface area (Å²) in [6.45, 7) is 0.643. The molecule has 1 aliphatic carbocycles. The molecule has 3 aromatic rings. The van der Waals surface area contributed by atoms with E-state index in [1.807, 2.05) is 30.3 Å². The zero-order valence-electron chi connectivity index (χ0n) is 15.6. The minimum absolute atomic E-state index is 0.196. The van der Waals surface area contributed by atoms with Crippen LogP contribution in [0, 0.1) is 0 Å². The van der Waals surface area contributed by atoms with Crippen LogP contribution in [0.25, 0.3) is 5.69 Å². The van der Waals surface area contributed by atoms with Gasteiger partial charge in [-0.25, -0.2) is 4.68 Å². The minimum Gasteiger partial charge on any atom is -0.390 e. The second-order valence-corrected chi connectivity index (χ2v) is 7.16. The third-order valence-corrected chi connectivity index (χ3v) is 5.06. The largest absolute Gasteiger partial charge is 0.390 e. The number of amides is 1. The van der Waals surface area contributed by atoms with E-state index < -0.39 is 6.10 Å². The number of aliphatic hydroxyl groups excluding tert-OH is 1. The minimum atomic E-state index is -0.642. The lowest BCUT2D eigenvalue weighted by molar-refractivity contribution is 0.0914. The van der Waals surface area contributed by atoms with Crippen LogP contribution in [0.15, 0.2) is 67.0 Å². The molecule has 4 rings (SSSR count). The summed E-state index contributed by atoms with van der Waals surface area (Å²) < 4.78 is 1.66. The third-order valence-electron chi connectivity index (χ3n) is 5.06. The smallest absolute Gasteiger partial charge is 0.254 e.